The van der Waals surface area contributed by atoms with Crippen molar-refractivity contribution >= 4 is 5.69 Å². The van der Waals surface area contributed by atoms with Crippen LogP contribution < -0.4 is 10.5 Å². The number of anilines is 1. The van der Waals surface area contributed by atoms with Gasteiger partial charge < -0.3 is 10.5 Å². The molecule has 2 N–H and O–H groups in total. The minimum absolute atomic E-state index is 0.791. The number of hydrogen-bond donors (Lipinski definition) is 1. The van der Waals surface area contributed by atoms with E-state index >= 15 is 0 Å². The zero-order valence-corrected chi connectivity index (χ0v) is 11.4. The van der Waals surface area contributed by atoms with Gasteiger partial charge in [-0.2, -0.15) is 0 Å². The second-order valence-corrected chi connectivity index (χ2v) is 4.70. The second-order valence-electron chi connectivity index (χ2n) is 4.70. The highest BCUT2D eigenvalue weighted by molar-refractivity contribution is 5.66. The molecule has 2 heteroatoms. The van der Waals surface area contributed by atoms with Crippen LogP contribution in [0.25, 0.3) is 11.1 Å². The third-order valence-electron chi connectivity index (χ3n) is 3.11. The van der Waals surface area contributed by atoms with Gasteiger partial charge >= 0.3 is 0 Å². The Labute approximate surface area is 115 Å². The Kier molecular flexibility index (Phi) is 4.85. The van der Waals surface area contributed by atoms with Crippen LogP contribution in [0, 0.1) is 0 Å². The fourth-order valence-corrected chi connectivity index (χ4v) is 1.96. The van der Waals surface area contributed by atoms with Crippen LogP contribution >= 0.6 is 0 Å². The maximum Gasteiger partial charge on any atom is 0.119 e. The molecule has 0 atom stereocenters. The zero-order valence-electron chi connectivity index (χ0n) is 11.4. The summed E-state index contributed by atoms with van der Waals surface area (Å²) in [5.41, 5.74) is 8.83. The van der Waals surface area contributed by atoms with E-state index in [0.717, 1.165) is 24.5 Å². The van der Waals surface area contributed by atoms with Gasteiger partial charge in [-0.3, -0.25) is 0 Å². The highest BCUT2D eigenvalue weighted by atomic mass is 16.5. The predicted molar refractivity (Wildman–Crippen MR) is 81.3 cm³/mol. The van der Waals surface area contributed by atoms with E-state index < -0.39 is 0 Å². The Morgan fingerprint density at radius 1 is 0.842 bits per heavy atom. The van der Waals surface area contributed by atoms with Crippen molar-refractivity contribution in [3.63, 3.8) is 0 Å². The SMILES string of the molecule is CCCCCOc1ccc(-c2ccc(N)cc2)cc1. The van der Waals surface area contributed by atoms with Gasteiger partial charge in [0.2, 0.25) is 0 Å². The molecule has 100 valence electrons. The summed E-state index contributed by atoms with van der Waals surface area (Å²) < 4.78 is 5.70. The van der Waals surface area contributed by atoms with Crippen LogP contribution in [0.5, 0.6) is 5.75 Å². The summed E-state index contributed by atoms with van der Waals surface area (Å²) in [4.78, 5) is 0. The van der Waals surface area contributed by atoms with Gasteiger partial charge in [-0.1, -0.05) is 44.0 Å². The Bertz CT molecular complexity index is 488. The summed E-state index contributed by atoms with van der Waals surface area (Å²) in [7, 11) is 0. The normalized spacial score (nSPS) is 10.4. The van der Waals surface area contributed by atoms with Crippen LogP contribution in [-0.2, 0) is 0 Å². The molecule has 0 aliphatic rings. The molecule has 0 aliphatic carbocycles. The van der Waals surface area contributed by atoms with E-state index in [0.29, 0.717) is 0 Å². The number of hydrogen-bond acceptors (Lipinski definition) is 2. The van der Waals surface area contributed by atoms with E-state index in [9.17, 15) is 0 Å². The van der Waals surface area contributed by atoms with Crippen molar-refractivity contribution in [2.45, 2.75) is 26.2 Å². The first-order chi connectivity index (χ1) is 9.29. The maximum absolute atomic E-state index is 5.70. The lowest BCUT2D eigenvalue weighted by molar-refractivity contribution is 0.306. The average molecular weight is 255 g/mol. The molecule has 0 spiro atoms. The summed E-state index contributed by atoms with van der Waals surface area (Å²) in [5, 5.41) is 0. The molecule has 0 fully saturated rings. The Hall–Kier alpha value is -1.96. The van der Waals surface area contributed by atoms with E-state index in [1.807, 2.05) is 36.4 Å². The molecule has 0 saturated carbocycles. The van der Waals surface area contributed by atoms with Crippen LogP contribution in [-0.4, -0.2) is 6.61 Å². The topological polar surface area (TPSA) is 35.2 Å². The molecular formula is C17H21NO. The summed E-state index contributed by atoms with van der Waals surface area (Å²) in [5.74, 6) is 0.940. The van der Waals surface area contributed by atoms with Crippen molar-refractivity contribution < 1.29 is 4.74 Å². The lowest BCUT2D eigenvalue weighted by Gasteiger charge is -2.07. The van der Waals surface area contributed by atoms with E-state index in [-0.39, 0.29) is 0 Å². The molecule has 2 rings (SSSR count). The standard InChI is InChI=1S/C17H21NO/c1-2-3-4-13-19-17-11-7-15(8-12-17)14-5-9-16(18)10-6-14/h5-12H,2-4,13,18H2,1H3. The largest absolute Gasteiger partial charge is 0.494 e. The first-order valence-corrected chi connectivity index (χ1v) is 6.88. The summed E-state index contributed by atoms with van der Waals surface area (Å²) in [6, 6.07) is 16.1. The third-order valence-corrected chi connectivity index (χ3v) is 3.11. The predicted octanol–water partition coefficient (Wildman–Crippen LogP) is 4.50. The molecule has 0 radical (unpaired) electrons. The number of nitrogens with two attached hydrogens (primary N) is 1. The molecule has 0 unspecified atom stereocenters. The quantitative estimate of drug-likeness (QED) is 0.609. The summed E-state index contributed by atoms with van der Waals surface area (Å²) >= 11 is 0. The minimum Gasteiger partial charge on any atom is -0.494 e. The van der Waals surface area contributed by atoms with E-state index in [1.165, 1.54) is 24.0 Å². The van der Waals surface area contributed by atoms with Crippen LogP contribution in [0.4, 0.5) is 5.69 Å². The molecule has 0 amide bonds. The van der Waals surface area contributed by atoms with Gasteiger partial charge in [-0.25, -0.2) is 0 Å². The molecule has 2 aromatic carbocycles. The number of benzene rings is 2. The van der Waals surface area contributed by atoms with E-state index in [4.69, 9.17) is 10.5 Å². The highest BCUT2D eigenvalue weighted by Crippen LogP contribution is 2.23. The smallest absolute Gasteiger partial charge is 0.119 e. The Balaban J connectivity index is 1.96. The van der Waals surface area contributed by atoms with E-state index in [2.05, 4.69) is 19.1 Å². The van der Waals surface area contributed by atoms with E-state index in [1.54, 1.807) is 0 Å². The molecule has 0 bridgehead atoms. The minimum atomic E-state index is 0.791. The first kappa shape index (κ1) is 13.5. The summed E-state index contributed by atoms with van der Waals surface area (Å²) in [6.45, 7) is 3.00. The molecular weight excluding hydrogens is 234 g/mol. The number of unbranched alkanes of at least 4 members (excludes halogenated alkanes) is 2. The zero-order chi connectivity index (χ0) is 13.5. The monoisotopic (exact) mass is 255 g/mol. The van der Waals surface area contributed by atoms with Gasteiger partial charge in [0, 0.05) is 5.69 Å². The average Bonchev–Trinajstić information content (AvgIpc) is 2.45. The molecule has 0 aliphatic heterocycles. The number of rotatable bonds is 6. The second kappa shape index (κ2) is 6.83. The Morgan fingerprint density at radius 3 is 2.00 bits per heavy atom. The molecule has 0 heterocycles. The molecule has 0 saturated heterocycles. The van der Waals surface area contributed by atoms with Crippen LogP contribution in [0.1, 0.15) is 26.2 Å². The Morgan fingerprint density at radius 2 is 1.42 bits per heavy atom. The van der Waals surface area contributed by atoms with Crippen LogP contribution in [0.15, 0.2) is 48.5 Å². The first-order valence-electron chi connectivity index (χ1n) is 6.88. The van der Waals surface area contributed by atoms with Crippen molar-refractivity contribution in [2.24, 2.45) is 0 Å². The number of ether oxygens (including phenoxy) is 1. The maximum atomic E-state index is 5.70. The van der Waals surface area contributed by atoms with Crippen LogP contribution in [0.3, 0.4) is 0 Å². The lowest BCUT2D eigenvalue weighted by atomic mass is 10.1. The van der Waals surface area contributed by atoms with Crippen molar-refractivity contribution in [1.82, 2.24) is 0 Å². The highest BCUT2D eigenvalue weighted by Gasteiger charge is 1.98. The van der Waals surface area contributed by atoms with Crippen molar-refractivity contribution in [3.05, 3.63) is 48.5 Å². The van der Waals surface area contributed by atoms with Crippen LogP contribution in [0.2, 0.25) is 0 Å². The van der Waals surface area contributed by atoms with Gasteiger partial charge in [0.1, 0.15) is 5.75 Å². The van der Waals surface area contributed by atoms with Gasteiger partial charge in [0.05, 0.1) is 6.61 Å². The fraction of sp³-hybridized carbons (Fsp3) is 0.294. The third kappa shape index (κ3) is 4.02. The lowest BCUT2D eigenvalue weighted by Crippen LogP contribution is -1.96. The van der Waals surface area contributed by atoms with Crippen molar-refractivity contribution in [1.29, 1.82) is 0 Å². The van der Waals surface area contributed by atoms with Crippen molar-refractivity contribution in [2.75, 3.05) is 12.3 Å². The van der Waals surface area contributed by atoms with Gasteiger partial charge in [-0.05, 0) is 41.8 Å². The molecule has 2 aromatic rings. The fourth-order valence-electron chi connectivity index (χ4n) is 1.96. The van der Waals surface area contributed by atoms with Gasteiger partial charge in [0.15, 0.2) is 0 Å². The van der Waals surface area contributed by atoms with Crippen molar-refractivity contribution in [3.8, 4) is 16.9 Å². The number of nitrogen functional groups attached to an aromatic ring is 1. The molecule has 2 nitrogen and oxygen atoms in total. The molecule has 0 aromatic heterocycles. The molecule has 19 heavy (non-hydrogen) atoms. The summed E-state index contributed by atoms with van der Waals surface area (Å²) in [6.07, 6.45) is 3.57. The van der Waals surface area contributed by atoms with Gasteiger partial charge in [0.25, 0.3) is 0 Å². The van der Waals surface area contributed by atoms with Gasteiger partial charge in [-0.15, -0.1) is 0 Å².